The number of piperidine rings is 1. The molecule has 27 heavy (non-hydrogen) atoms. The van der Waals surface area contributed by atoms with Crippen LogP contribution in [0.25, 0.3) is 10.9 Å². The molecule has 142 valence electrons. The predicted molar refractivity (Wildman–Crippen MR) is 102 cm³/mol. The Hall–Kier alpha value is -2.47. The molecule has 4 rings (SSSR count). The van der Waals surface area contributed by atoms with E-state index in [0.717, 1.165) is 43.6 Å². The Morgan fingerprint density at radius 2 is 1.59 bits per heavy atom. The minimum absolute atomic E-state index is 0.176. The third-order valence-corrected chi connectivity index (χ3v) is 5.45. The third kappa shape index (κ3) is 3.41. The van der Waals surface area contributed by atoms with Gasteiger partial charge in [-0.15, -0.1) is 0 Å². The van der Waals surface area contributed by atoms with Gasteiger partial charge in [-0.25, -0.2) is 13.2 Å². The largest absolute Gasteiger partial charge is 0.355 e. The van der Waals surface area contributed by atoms with E-state index >= 15 is 0 Å². The number of hydrogen-bond donors (Lipinski definition) is 1. The van der Waals surface area contributed by atoms with E-state index < -0.39 is 17.5 Å². The summed E-state index contributed by atoms with van der Waals surface area (Å²) in [4.78, 5) is 2.35. The van der Waals surface area contributed by atoms with Crippen LogP contribution in [-0.2, 0) is 7.05 Å². The number of hydrogen-bond acceptors (Lipinski definition) is 2. The summed E-state index contributed by atoms with van der Waals surface area (Å²) in [6, 6.07) is 7.80. The average molecular weight is 373 g/mol. The van der Waals surface area contributed by atoms with Crippen LogP contribution in [0, 0.1) is 17.5 Å². The first-order valence-electron chi connectivity index (χ1n) is 9.11. The number of fused-ring (bicyclic) bond motifs is 1. The Labute approximate surface area is 156 Å². The number of benzene rings is 2. The van der Waals surface area contributed by atoms with Gasteiger partial charge in [-0.2, -0.15) is 0 Å². The molecule has 1 aromatic heterocycles. The van der Waals surface area contributed by atoms with Crippen molar-refractivity contribution in [2.24, 2.45) is 7.05 Å². The number of halogens is 3. The summed E-state index contributed by atoms with van der Waals surface area (Å²) in [5.74, 6) is -3.32. The molecule has 6 heteroatoms. The summed E-state index contributed by atoms with van der Waals surface area (Å²) in [5.41, 5.74) is 3.28. The van der Waals surface area contributed by atoms with Gasteiger partial charge in [0.15, 0.2) is 17.5 Å². The highest BCUT2D eigenvalue weighted by molar-refractivity contribution is 5.88. The summed E-state index contributed by atoms with van der Waals surface area (Å²) in [5, 5.41) is 4.16. The van der Waals surface area contributed by atoms with Crippen LogP contribution in [0.1, 0.15) is 24.3 Å². The fourth-order valence-corrected chi connectivity index (χ4v) is 3.93. The van der Waals surface area contributed by atoms with Gasteiger partial charge in [-0.1, -0.05) is 6.07 Å². The number of likely N-dealkylation sites (tertiary alicyclic amines) is 1. The van der Waals surface area contributed by atoms with Crippen LogP contribution in [-0.4, -0.2) is 29.6 Å². The predicted octanol–water partition coefficient (Wildman–Crippen LogP) is 5.15. The Kier molecular flexibility index (Phi) is 4.60. The monoisotopic (exact) mass is 373 g/mol. The number of aromatic nitrogens is 1. The lowest BCUT2D eigenvalue weighted by molar-refractivity contribution is 0.256. The van der Waals surface area contributed by atoms with E-state index in [0.29, 0.717) is 11.6 Å². The molecule has 0 radical (unpaired) electrons. The van der Waals surface area contributed by atoms with Crippen LogP contribution in [0.2, 0.25) is 0 Å². The molecule has 2 aromatic carbocycles. The molecule has 0 unspecified atom stereocenters. The minimum atomic E-state index is -1.46. The van der Waals surface area contributed by atoms with E-state index in [9.17, 15) is 13.2 Å². The summed E-state index contributed by atoms with van der Waals surface area (Å²) >= 11 is 0. The molecular weight excluding hydrogens is 351 g/mol. The van der Waals surface area contributed by atoms with Crippen LogP contribution in [0.3, 0.4) is 0 Å². The first-order valence-corrected chi connectivity index (χ1v) is 9.11. The lowest BCUT2D eigenvalue weighted by Gasteiger charge is -2.28. The van der Waals surface area contributed by atoms with Crippen LogP contribution in [0.5, 0.6) is 0 Å². The van der Waals surface area contributed by atoms with Crippen molar-refractivity contribution in [1.29, 1.82) is 0 Å². The number of rotatable bonds is 3. The molecule has 3 aromatic rings. The van der Waals surface area contributed by atoms with E-state index in [1.165, 1.54) is 10.9 Å². The maximum absolute atomic E-state index is 13.4. The summed E-state index contributed by atoms with van der Waals surface area (Å²) in [6.45, 7) is 2.20. The van der Waals surface area contributed by atoms with E-state index in [1.54, 1.807) is 0 Å². The van der Waals surface area contributed by atoms with Gasteiger partial charge in [0, 0.05) is 42.1 Å². The lowest BCUT2D eigenvalue weighted by atomic mass is 9.89. The van der Waals surface area contributed by atoms with E-state index in [2.05, 4.69) is 28.0 Å². The number of nitrogens with one attached hydrogen (secondary N) is 1. The second-order valence-corrected chi connectivity index (χ2v) is 7.38. The zero-order chi connectivity index (χ0) is 19.1. The summed E-state index contributed by atoms with van der Waals surface area (Å²) in [6.07, 6.45) is 4.47. The fourth-order valence-electron chi connectivity index (χ4n) is 3.93. The summed E-state index contributed by atoms with van der Waals surface area (Å²) < 4.78 is 42.1. The van der Waals surface area contributed by atoms with E-state index in [4.69, 9.17) is 0 Å². The second-order valence-electron chi connectivity index (χ2n) is 7.38. The molecule has 0 aliphatic carbocycles. The lowest BCUT2D eigenvalue weighted by Crippen LogP contribution is -2.29. The van der Waals surface area contributed by atoms with Crippen LogP contribution in [0.4, 0.5) is 24.5 Å². The van der Waals surface area contributed by atoms with Gasteiger partial charge >= 0.3 is 0 Å². The number of nitrogens with zero attached hydrogens (tertiary/aromatic N) is 2. The highest BCUT2D eigenvalue weighted by atomic mass is 19.2. The van der Waals surface area contributed by atoms with Gasteiger partial charge in [-0.05, 0) is 56.6 Å². The standard InChI is InChI=1S/C21H22F3N3/c1-26-7-5-13(6-8-26)17-12-27(2)20-11-14(3-4-16(17)20)25-15-9-18(22)21(24)19(23)10-15/h3-4,9-13,25H,5-8H2,1-2H3. The topological polar surface area (TPSA) is 20.2 Å². The number of anilines is 2. The molecule has 2 heterocycles. The highest BCUT2D eigenvalue weighted by Gasteiger charge is 2.22. The molecule has 0 bridgehead atoms. The van der Waals surface area contributed by atoms with Crippen molar-refractivity contribution in [1.82, 2.24) is 9.47 Å². The van der Waals surface area contributed by atoms with Crippen LogP contribution < -0.4 is 5.32 Å². The molecule has 1 fully saturated rings. The first kappa shape index (κ1) is 17.9. The Morgan fingerprint density at radius 1 is 0.926 bits per heavy atom. The van der Waals surface area contributed by atoms with Gasteiger partial charge < -0.3 is 14.8 Å². The summed E-state index contributed by atoms with van der Waals surface area (Å²) in [7, 11) is 4.15. The van der Waals surface area contributed by atoms with Crippen molar-refractivity contribution in [3.63, 3.8) is 0 Å². The van der Waals surface area contributed by atoms with Gasteiger partial charge in [-0.3, -0.25) is 0 Å². The third-order valence-electron chi connectivity index (χ3n) is 5.45. The zero-order valence-corrected chi connectivity index (χ0v) is 15.4. The highest BCUT2D eigenvalue weighted by Crippen LogP contribution is 2.35. The first-order chi connectivity index (χ1) is 12.9. The fraction of sp³-hybridized carbons (Fsp3) is 0.333. The van der Waals surface area contributed by atoms with E-state index in [1.807, 2.05) is 25.2 Å². The molecule has 0 saturated carbocycles. The van der Waals surface area contributed by atoms with Crippen LogP contribution in [0.15, 0.2) is 36.5 Å². The van der Waals surface area contributed by atoms with Gasteiger partial charge in [0.1, 0.15) is 0 Å². The molecule has 1 saturated heterocycles. The second kappa shape index (κ2) is 6.93. The average Bonchev–Trinajstić information content (AvgIpc) is 2.97. The molecule has 1 aliphatic rings. The Balaban J connectivity index is 1.64. The quantitative estimate of drug-likeness (QED) is 0.641. The number of aryl methyl sites for hydroxylation is 1. The van der Waals surface area contributed by atoms with Gasteiger partial charge in [0.25, 0.3) is 0 Å². The molecule has 0 spiro atoms. The van der Waals surface area contributed by atoms with Crippen molar-refractivity contribution in [2.45, 2.75) is 18.8 Å². The molecule has 0 amide bonds. The Bertz CT molecular complexity index is 965. The SMILES string of the molecule is CN1CCC(c2cn(C)c3cc(Nc4cc(F)c(F)c(F)c4)ccc23)CC1. The van der Waals surface area contributed by atoms with Crippen molar-refractivity contribution >= 4 is 22.3 Å². The smallest absolute Gasteiger partial charge is 0.194 e. The molecule has 0 atom stereocenters. The zero-order valence-electron chi connectivity index (χ0n) is 15.4. The molecule has 3 nitrogen and oxygen atoms in total. The van der Waals surface area contributed by atoms with Gasteiger partial charge in [0.2, 0.25) is 0 Å². The van der Waals surface area contributed by atoms with Gasteiger partial charge in [0.05, 0.1) is 5.52 Å². The minimum Gasteiger partial charge on any atom is -0.355 e. The van der Waals surface area contributed by atoms with E-state index in [-0.39, 0.29) is 5.69 Å². The van der Waals surface area contributed by atoms with Crippen molar-refractivity contribution in [2.75, 3.05) is 25.5 Å². The molecule has 1 aliphatic heterocycles. The van der Waals surface area contributed by atoms with Crippen molar-refractivity contribution < 1.29 is 13.2 Å². The molecule has 1 N–H and O–H groups in total. The molecular formula is C21H22F3N3. The maximum atomic E-state index is 13.4. The maximum Gasteiger partial charge on any atom is 0.194 e. The van der Waals surface area contributed by atoms with Crippen molar-refractivity contribution in [3.05, 3.63) is 59.5 Å². The van der Waals surface area contributed by atoms with Crippen LogP contribution >= 0.6 is 0 Å². The van der Waals surface area contributed by atoms with Crippen molar-refractivity contribution in [3.8, 4) is 0 Å². The Morgan fingerprint density at radius 3 is 2.26 bits per heavy atom. The normalized spacial score (nSPS) is 16.2.